The minimum absolute atomic E-state index is 0.0503. The fourth-order valence-electron chi connectivity index (χ4n) is 2.16. The lowest BCUT2D eigenvalue weighted by molar-refractivity contribution is -0.136. The van der Waals surface area contributed by atoms with Crippen LogP contribution in [0.15, 0.2) is 12.1 Å². The first-order valence-electron chi connectivity index (χ1n) is 4.87. The van der Waals surface area contributed by atoms with E-state index in [4.69, 9.17) is 10.8 Å². The molecule has 1 atom stereocenters. The molecule has 2 rings (SSSR count). The summed E-state index contributed by atoms with van der Waals surface area (Å²) in [5.74, 6) is -0.762. The number of benzene rings is 1. The first-order valence-corrected chi connectivity index (χ1v) is 4.87. The molecular formula is C11H13NO3. The van der Waals surface area contributed by atoms with E-state index in [0.29, 0.717) is 12.0 Å². The molecule has 1 aromatic rings. The molecule has 0 aromatic heterocycles. The zero-order valence-corrected chi connectivity index (χ0v) is 8.23. The SMILES string of the molecule is NC1Cc2cc(O)cc(CC(=O)O)c2C1. The Hall–Kier alpha value is -1.55. The number of carboxylic acid groups (broad SMARTS) is 1. The van der Waals surface area contributed by atoms with Crippen LogP contribution in [0.4, 0.5) is 0 Å². The van der Waals surface area contributed by atoms with Crippen molar-refractivity contribution in [3.05, 3.63) is 28.8 Å². The third kappa shape index (κ3) is 1.94. The molecule has 0 fully saturated rings. The number of hydrogen-bond donors (Lipinski definition) is 3. The third-order valence-corrected chi connectivity index (χ3v) is 2.71. The molecule has 0 saturated carbocycles. The number of rotatable bonds is 2. The number of fused-ring (bicyclic) bond motifs is 1. The maximum atomic E-state index is 10.6. The molecule has 1 aromatic carbocycles. The smallest absolute Gasteiger partial charge is 0.307 e. The molecule has 0 bridgehead atoms. The van der Waals surface area contributed by atoms with Crippen molar-refractivity contribution in [1.82, 2.24) is 0 Å². The van der Waals surface area contributed by atoms with Crippen molar-refractivity contribution in [2.24, 2.45) is 5.73 Å². The lowest BCUT2D eigenvalue weighted by Gasteiger charge is -2.07. The van der Waals surface area contributed by atoms with E-state index >= 15 is 0 Å². The highest BCUT2D eigenvalue weighted by atomic mass is 16.4. The van der Waals surface area contributed by atoms with Gasteiger partial charge in [-0.15, -0.1) is 0 Å². The third-order valence-electron chi connectivity index (χ3n) is 2.71. The summed E-state index contributed by atoms with van der Waals surface area (Å²) >= 11 is 0. The maximum Gasteiger partial charge on any atom is 0.307 e. The van der Waals surface area contributed by atoms with Gasteiger partial charge in [0.25, 0.3) is 0 Å². The number of hydrogen-bond acceptors (Lipinski definition) is 3. The Morgan fingerprint density at radius 2 is 2.20 bits per heavy atom. The molecular weight excluding hydrogens is 194 g/mol. The summed E-state index contributed by atoms with van der Waals surface area (Å²) in [6, 6.07) is 3.24. The lowest BCUT2D eigenvalue weighted by Crippen LogP contribution is -2.19. The Bertz CT molecular complexity index is 415. The van der Waals surface area contributed by atoms with Crippen LogP contribution in [0.1, 0.15) is 16.7 Å². The van der Waals surface area contributed by atoms with E-state index in [1.807, 2.05) is 0 Å². The Kier molecular flexibility index (Phi) is 2.36. The molecule has 1 aliphatic rings. The maximum absolute atomic E-state index is 10.6. The summed E-state index contributed by atoms with van der Waals surface area (Å²) < 4.78 is 0. The summed E-state index contributed by atoms with van der Waals surface area (Å²) in [4.78, 5) is 10.6. The van der Waals surface area contributed by atoms with E-state index < -0.39 is 5.97 Å². The van der Waals surface area contributed by atoms with Crippen LogP contribution in [0.3, 0.4) is 0 Å². The minimum Gasteiger partial charge on any atom is -0.508 e. The number of carboxylic acids is 1. The highest BCUT2D eigenvalue weighted by Gasteiger charge is 2.22. The van der Waals surface area contributed by atoms with Crippen molar-refractivity contribution in [2.45, 2.75) is 25.3 Å². The normalized spacial score (nSPS) is 18.9. The average Bonchev–Trinajstić information content (AvgIpc) is 2.44. The highest BCUT2D eigenvalue weighted by Crippen LogP contribution is 2.29. The molecule has 1 aliphatic carbocycles. The number of nitrogens with two attached hydrogens (primary N) is 1. The first kappa shape index (κ1) is 9.98. The highest BCUT2D eigenvalue weighted by molar-refractivity contribution is 5.71. The Balaban J connectivity index is 2.42. The second-order valence-electron chi connectivity index (χ2n) is 3.98. The molecule has 0 saturated heterocycles. The van der Waals surface area contributed by atoms with Crippen LogP contribution in [-0.4, -0.2) is 22.2 Å². The Labute approximate surface area is 87.3 Å². The van der Waals surface area contributed by atoms with E-state index in [0.717, 1.165) is 17.5 Å². The van der Waals surface area contributed by atoms with Crippen LogP contribution >= 0.6 is 0 Å². The van der Waals surface area contributed by atoms with Crippen molar-refractivity contribution >= 4 is 5.97 Å². The van der Waals surface area contributed by atoms with Gasteiger partial charge in [-0.05, 0) is 41.7 Å². The number of phenols is 1. The van der Waals surface area contributed by atoms with Gasteiger partial charge in [0.1, 0.15) is 5.75 Å². The van der Waals surface area contributed by atoms with Gasteiger partial charge in [-0.25, -0.2) is 0 Å². The van der Waals surface area contributed by atoms with Gasteiger partial charge in [-0.1, -0.05) is 0 Å². The second-order valence-corrected chi connectivity index (χ2v) is 3.98. The Morgan fingerprint density at radius 1 is 1.47 bits per heavy atom. The van der Waals surface area contributed by atoms with Crippen molar-refractivity contribution in [3.8, 4) is 5.75 Å². The van der Waals surface area contributed by atoms with Crippen LogP contribution in [0.5, 0.6) is 5.75 Å². The summed E-state index contributed by atoms with van der Waals surface area (Å²) in [7, 11) is 0. The molecule has 1 unspecified atom stereocenters. The van der Waals surface area contributed by atoms with Gasteiger partial charge in [0.15, 0.2) is 0 Å². The van der Waals surface area contributed by atoms with Crippen LogP contribution in [-0.2, 0) is 24.1 Å². The van der Waals surface area contributed by atoms with E-state index in [-0.39, 0.29) is 18.2 Å². The molecule has 0 spiro atoms. The predicted octanol–water partition coefficient (Wildman–Crippen LogP) is 0.445. The monoisotopic (exact) mass is 207 g/mol. The minimum atomic E-state index is -0.886. The molecule has 4 N–H and O–H groups in total. The molecule has 4 nitrogen and oxygen atoms in total. The predicted molar refractivity (Wildman–Crippen MR) is 54.8 cm³/mol. The van der Waals surface area contributed by atoms with Crippen molar-refractivity contribution < 1.29 is 15.0 Å². The van der Waals surface area contributed by atoms with E-state index in [2.05, 4.69) is 0 Å². The quantitative estimate of drug-likeness (QED) is 0.657. The van der Waals surface area contributed by atoms with Gasteiger partial charge in [-0.3, -0.25) is 4.79 Å². The van der Waals surface area contributed by atoms with Gasteiger partial charge in [0, 0.05) is 6.04 Å². The molecule has 0 amide bonds. The van der Waals surface area contributed by atoms with Gasteiger partial charge in [0.2, 0.25) is 0 Å². The van der Waals surface area contributed by atoms with Crippen molar-refractivity contribution in [2.75, 3.05) is 0 Å². The zero-order valence-electron chi connectivity index (χ0n) is 8.23. The van der Waals surface area contributed by atoms with Crippen molar-refractivity contribution in [3.63, 3.8) is 0 Å². The van der Waals surface area contributed by atoms with Crippen molar-refractivity contribution in [1.29, 1.82) is 0 Å². The first-order chi connectivity index (χ1) is 7.06. The standard InChI is InChI=1S/C11H13NO3/c12-8-1-6-2-9(13)3-7(4-11(14)15)10(6)5-8/h2-3,8,13H,1,4-5,12H2,(H,14,15). The van der Waals surface area contributed by atoms with Gasteiger partial charge < -0.3 is 15.9 Å². The summed E-state index contributed by atoms with van der Waals surface area (Å²) in [6.45, 7) is 0. The largest absolute Gasteiger partial charge is 0.508 e. The average molecular weight is 207 g/mol. The molecule has 0 radical (unpaired) electrons. The van der Waals surface area contributed by atoms with Gasteiger partial charge in [0.05, 0.1) is 6.42 Å². The summed E-state index contributed by atoms with van der Waals surface area (Å²) in [5.41, 5.74) is 8.48. The van der Waals surface area contributed by atoms with E-state index in [9.17, 15) is 9.90 Å². The van der Waals surface area contributed by atoms with Crippen LogP contribution in [0, 0.1) is 0 Å². The van der Waals surface area contributed by atoms with Crippen LogP contribution < -0.4 is 5.73 Å². The number of carbonyl (C=O) groups is 1. The molecule has 0 heterocycles. The molecule has 4 heteroatoms. The van der Waals surface area contributed by atoms with Gasteiger partial charge >= 0.3 is 5.97 Å². The molecule has 15 heavy (non-hydrogen) atoms. The van der Waals surface area contributed by atoms with E-state index in [1.165, 1.54) is 6.07 Å². The fourth-order valence-corrected chi connectivity index (χ4v) is 2.16. The lowest BCUT2D eigenvalue weighted by atomic mass is 10.0. The van der Waals surface area contributed by atoms with Crippen LogP contribution in [0.25, 0.3) is 0 Å². The van der Waals surface area contributed by atoms with Crippen LogP contribution in [0.2, 0.25) is 0 Å². The zero-order chi connectivity index (χ0) is 11.0. The summed E-state index contributed by atoms with van der Waals surface area (Å²) in [5, 5.41) is 18.2. The van der Waals surface area contributed by atoms with Gasteiger partial charge in [-0.2, -0.15) is 0 Å². The number of aliphatic carboxylic acids is 1. The number of aromatic hydroxyl groups is 1. The fraction of sp³-hybridized carbons (Fsp3) is 0.364. The molecule has 80 valence electrons. The summed E-state index contributed by atoms with van der Waals surface area (Å²) in [6.07, 6.45) is 1.37. The second kappa shape index (κ2) is 3.55. The van der Waals surface area contributed by atoms with E-state index in [1.54, 1.807) is 6.07 Å². The number of phenolic OH excluding ortho intramolecular Hbond substituents is 1. The molecule has 0 aliphatic heterocycles. The Morgan fingerprint density at radius 3 is 2.87 bits per heavy atom. The topological polar surface area (TPSA) is 83.5 Å².